The molecule has 0 aromatic carbocycles. The second-order valence-electron chi connectivity index (χ2n) is 2.93. The van der Waals surface area contributed by atoms with Crippen LogP contribution in [-0.4, -0.2) is 25.3 Å². The van der Waals surface area contributed by atoms with Crippen molar-refractivity contribution in [3.05, 3.63) is 0 Å². The van der Waals surface area contributed by atoms with Crippen LogP contribution in [0.4, 0.5) is 0 Å². The Morgan fingerprint density at radius 2 is 2.00 bits per heavy atom. The highest BCUT2D eigenvalue weighted by atomic mass is 16.6. The summed E-state index contributed by atoms with van der Waals surface area (Å²) in [5, 5.41) is 0. The molecule has 1 atom stereocenters. The zero-order valence-electron chi connectivity index (χ0n) is 8.84. The summed E-state index contributed by atoms with van der Waals surface area (Å²) in [5.41, 5.74) is 0. The van der Waals surface area contributed by atoms with Gasteiger partial charge in [-0.2, -0.15) is 0 Å². The minimum atomic E-state index is -0.267. The van der Waals surface area contributed by atoms with Gasteiger partial charge in [0.2, 0.25) is 0 Å². The van der Waals surface area contributed by atoms with E-state index in [2.05, 4.69) is 13.8 Å². The van der Waals surface area contributed by atoms with Gasteiger partial charge < -0.3 is 9.47 Å². The van der Waals surface area contributed by atoms with Crippen LogP contribution in [0.2, 0.25) is 0 Å². The summed E-state index contributed by atoms with van der Waals surface area (Å²) in [6.45, 7) is 6.47. The molecule has 0 spiro atoms. The van der Waals surface area contributed by atoms with E-state index < -0.39 is 0 Å². The van der Waals surface area contributed by atoms with E-state index in [9.17, 15) is 4.79 Å². The molecule has 3 heteroatoms. The van der Waals surface area contributed by atoms with Crippen LogP contribution in [0, 0.1) is 0 Å². The summed E-state index contributed by atoms with van der Waals surface area (Å²) in [5.74, 6) is -0.267. The number of carbonyl (C=O) groups is 1. The van der Waals surface area contributed by atoms with Crippen molar-refractivity contribution in [1.29, 1.82) is 0 Å². The number of hydrogen-bond donors (Lipinski definition) is 0. The Hall–Kier alpha value is -0.570. The van der Waals surface area contributed by atoms with Gasteiger partial charge in [0.05, 0.1) is 12.7 Å². The van der Waals surface area contributed by atoms with Gasteiger partial charge in [0.1, 0.15) is 6.61 Å². The molecule has 0 aliphatic rings. The van der Waals surface area contributed by atoms with E-state index in [4.69, 9.17) is 9.47 Å². The molecular weight excluding hydrogens is 168 g/mol. The van der Waals surface area contributed by atoms with Crippen molar-refractivity contribution in [2.24, 2.45) is 0 Å². The van der Waals surface area contributed by atoms with Gasteiger partial charge in [0.15, 0.2) is 0 Å². The molecule has 0 saturated carbocycles. The monoisotopic (exact) mass is 188 g/mol. The normalized spacial score (nSPS) is 12.5. The van der Waals surface area contributed by atoms with Gasteiger partial charge in [-0.15, -0.1) is 0 Å². The molecule has 0 bridgehead atoms. The van der Waals surface area contributed by atoms with Gasteiger partial charge >= 0.3 is 5.97 Å². The minimum Gasteiger partial charge on any atom is -0.464 e. The van der Waals surface area contributed by atoms with Gasteiger partial charge in [-0.1, -0.05) is 20.3 Å². The van der Waals surface area contributed by atoms with E-state index in [1.165, 1.54) is 0 Å². The molecule has 0 N–H and O–H groups in total. The summed E-state index contributed by atoms with van der Waals surface area (Å²) >= 11 is 0. The fraction of sp³-hybridized carbons (Fsp3) is 0.900. The Balaban J connectivity index is 3.52. The van der Waals surface area contributed by atoms with Gasteiger partial charge in [-0.3, -0.25) is 0 Å². The molecule has 13 heavy (non-hydrogen) atoms. The largest absolute Gasteiger partial charge is 0.464 e. The molecule has 0 fully saturated rings. The van der Waals surface area contributed by atoms with Gasteiger partial charge in [0.25, 0.3) is 0 Å². The molecule has 0 aliphatic heterocycles. The molecule has 0 amide bonds. The zero-order valence-corrected chi connectivity index (χ0v) is 8.84. The lowest BCUT2D eigenvalue weighted by atomic mass is 10.2. The highest BCUT2D eigenvalue weighted by Crippen LogP contribution is 2.05. The standard InChI is InChI=1S/C10H20O3/c1-4-7-9(5-2)13-8-10(11)12-6-3/h9H,4-8H2,1-3H3. The number of rotatable bonds is 7. The summed E-state index contributed by atoms with van der Waals surface area (Å²) in [6.07, 6.45) is 3.25. The van der Waals surface area contributed by atoms with Crippen molar-refractivity contribution in [2.75, 3.05) is 13.2 Å². The fourth-order valence-electron chi connectivity index (χ4n) is 1.12. The topological polar surface area (TPSA) is 35.5 Å². The van der Waals surface area contributed by atoms with Crippen molar-refractivity contribution in [2.45, 2.75) is 46.1 Å². The van der Waals surface area contributed by atoms with Crippen molar-refractivity contribution < 1.29 is 14.3 Å². The molecule has 78 valence electrons. The first kappa shape index (κ1) is 12.4. The average Bonchev–Trinajstić information content (AvgIpc) is 2.12. The van der Waals surface area contributed by atoms with E-state index in [0.717, 1.165) is 19.3 Å². The summed E-state index contributed by atoms with van der Waals surface area (Å²) in [4.78, 5) is 10.9. The highest BCUT2D eigenvalue weighted by molar-refractivity contribution is 5.70. The molecule has 0 aromatic heterocycles. The first-order valence-corrected chi connectivity index (χ1v) is 5.01. The Morgan fingerprint density at radius 3 is 2.46 bits per heavy atom. The molecule has 0 radical (unpaired) electrons. The van der Waals surface area contributed by atoms with Crippen LogP contribution in [0.15, 0.2) is 0 Å². The lowest BCUT2D eigenvalue weighted by Gasteiger charge is -2.13. The smallest absolute Gasteiger partial charge is 0.332 e. The lowest BCUT2D eigenvalue weighted by Crippen LogP contribution is -2.19. The third kappa shape index (κ3) is 6.58. The van der Waals surface area contributed by atoms with Gasteiger partial charge in [-0.25, -0.2) is 4.79 Å². The van der Waals surface area contributed by atoms with Crippen LogP contribution in [0.5, 0.6) is 0 Å². The van der Waals surface area contributed by atoms with Crippen molar-refractivity contribution in [3.63, 3.8) is 0 Å². The quantitative estimate of drug-likeness (QED) is 0.574. The maximum absolute atomic E-state index is 10.9. The predicted molar refractivity (Wildman–Crippen MR) is 51.6 cm³/mol. The molecule has 1 unspecified atom stereocenters. The van der Waals surface area contributed by atoms with E-state index in [1.54, 1.807) is 6.92 Å². The second-order valence-corrected chi connectivity index (χ2v) is 2.93. The number of ether oxygens (including phenoxy) is 2. The second kappa shape index (κ2) is 8.05. The van der Waals surface area contributed by atoms with E-state index >= 15 is 0 Å². The SMILES string of the molecule is CCCC(CC)OCC(=O)OCC. The molecule has 0 heterocycles. The molecular formula is C10H20O3. The molecule has 3 nitrogen and oxygen atoms in total. The first-order valence-electron chi connectivity index (χ1n) is 5.01. The summed E-state index contributed by atoms with van der Waals surface area (Å²) in [7, 11) is 0. The number of carbonyl (C=O) groups excluding carboxylic acids is 1. The summed E-state index contributed by atoms with van der Waals surface area (Å²) < 4.78 is 10.1. The molecule has 0 aromatic rings. The maximum Gasteiger partial charge on any atom is 0.332 e. The van der Waals surface area contributed by atoms with Crippen LogP contribution in [0.1, 0.15) is 40.0 Å². The predicted octanol–water partition coefficient (Wildman–Crippen LogP) is 2.14. The Morgan fingerprint density at radius 1 is 1.31 bits per heavy atom. The van der Waals surface area contributed by atoms with Crippen LogP contribution in [0.3, 0.4) is 0 Å². The lowest BCUT2D eigenvalue weighted by molar-refractivity contribution is -0.150. The fourth-order valence-corrected chi connectivity index (χ4v) is 1.12. The third-order valence-corrected chi connectivity index (χ3v) is 1.81. The number of esters is 1. The average molecular weight is 188 g/mol. The molecule has 0 rings (SSSR count). The van der Waals surface area contributed by atoms with E-state index in [1.807, 2.05) is 0 Å². The Kier molecular flexibility index (Phi) is 7.69. The Bertz CT molecular complexity index is 134. The Labute approximate surface area is 80.4 Å². The van der Waals surface area contributed by atoms with Crippen LogP contribution >= 0.6 is 0 Å². The molecule has 0 aliphatic carbocycles. The van der Waals surface area contributed by atoms with Crippen molar-refractivity contribution >= 4 is 5.97 Å². The molecule has 0 saturated heterocycles. The van der Waals surface area contributed by atoms with Gasteiger partial charge in [0, 0.05) is 0 Å². The first-order chi connectivity index (χ1) is 6.24. The zero-order chi connectivity index (χ0) is 10.1. The third-order valence-electron chi connectivity index (χ3n) is 1.81. The van der Waals surface area contributed by atoms with Crippen molar-refractivity contribution in [1.82, 2.24) is 0 Å². The van der Waals surface area contributed by atoms with Crippen LogP contribution in [-0.2, 0) is 14.3 Å². The minimum absolute atomic E-state index is 0.0896. The van der Waals surface area contributed by atoms with Crippen molar-refractivity contribution in [3.8, 4) is 0 Å². The maximum atomic E-state index is 10.9. The van der Waals surface area contributed by atoms with E-state index in [-0.39, 0.29) is 18.7 Å². The van der Waals surface area contributed by atoms with E-state index in [0.29, 0.717) is 6.61 Å². The van der Waals surface area contributed by atoms with Gasteiger partial charge in [-0.05, 0) is 19.8 Å². The number of hydrogen-bond acceptors (Lipinski definition) is 3. The summed E-state index contributed by atoms with van der Waals surface area (Å²) in [6, 6.07) is 0. The highest BCUT2D eigenvalue weighted by Gasteiger charge is 2.08. The van der Waals surface area contributed by atoms with Crippen LogP contribution < -0.4 is 0 Å². The van der Waals surface area contributed by atoms with Crippen LogP contribution in [0.25, 0.3) is 0 Å².